The van der Waals surface area contributed by atoms with Gasteiger partial charge in [0.2, 0.25) is 17.6 Å². The number of nitrogen functional groups attached to an aromatic ring is 1. The Labute approximate surface area is 121 Å². The van der Waals surface area contributed by atoms with E-state index >= 15 is 0 Å². The van der Waals surface area contributed by atoms with Crippen molar-refractivity contribution in [2.24, 2.45) is 0 Å². The summed E-state index contributed by atoms with van der Waals surface area (Å²) < 4.78 is 5.46. The number of aromatic nitrogens is 2. The predicted molar refractivity (Wildman–Crippen MR) is 79.2 cm³/mol. The maximum atomic E-state index is 11.1. The Morgan fingerprint density at radius 3 is 2.95 bits per heavy atom. The lowest BCUT2D eigenvalue weighted by atomic mass is 10.2. The van der Waals surface area contributed by atoms with Crippen LogP contribution in [-0.4, -0.2) is 40.7 Å². The maximum absolute atomic E-state index is 11.1. The van der Waals surface area contributed by atoms with Crippen LogP contribution in [0.2, 0.25) is 0 Å². The summed E-state index contributed by atoms with van der Waals surface area (Å²) >= 11 is 0. The average Bonchev–Trinajstić information content (AvgIpc) is 2.95. The first-order valence-corrected chi connectivity index (χ1v) is 6.64. The van der Waals surface area contributed by atoms with Gasteiger partial charge in [0.25, 0.3) is 0 Å². The fraction of sp³-hybridized carbons (Fsp3) is 0.500. The maximum Gasteiger partial charge on any atom is 0.353 e. The molecule has 9 nitrogen and oxygen atoms in total. The topological polar surface area (TPSA) is 128 Å². The van der Waals surface area contributed by atoms with E-state index in [-0.39, 0.29) is 29.4 Å². The van der Waals surface area contributed by atoms with Crippen LogP contribution in [0.1, 0.15) is 12.8 Å². The van der Waals surface area contributed by atoms with Crippen molar-refractivity contribution in [1.29, 1.82) is 0 Å². The van der Waals surface area contributed by atoms with E-state index < -0.39 is 4.92 Å². The van der Waals surface area contributed by atoms with Crippen LogP contribution in [0.25, 0.3) is 0 Å². The van der Waals surface area contributed by atoms with Crippen molar-refractivity contribution in [3.8, 4) is 0 Å². The third-order valence-corrected chi connectivity index (χ3v) is 3.02. The van der Waals surface area contributed by atoms with Crippen LogP contribution >= 0.6 is 0 Å². The molecule has 0 spiro atoms. The van der Waals surface area contributed by atoms with Crippen LogP contribution in [0.15, 0.2) is 12.7 Å². The molecule has 0 saturated carbocycles. The second-order valence-corrected chi connectivity index (χ2v) is 4.57. The van der Waals surface area contributed by atoms with Gasteiger partial charge in [-0.2, -0.15) is 9.97 Å². The number of ether oxygens (including phenoxy) is 1. The lowest BCUT2D eigenvalue weighted by Crippen LogP contribution is -2.20. The average molecular weight is 294 g/mol. The van der Waals surface area contributed by atoms with E-state index in [0.717, 1.165) is 12.8 Å². The molecule has 0 unspecified atom stereocenters. The highest BCUT2D eigenvalue weighted by molar-refractivity contribution is 5.69. The summed E-state index contributed by atoms with van der Waals surface area (Å²) in [6.07, 6.45) is 3.57. The van der Waals surface area contributed by atoms with Crippen molar-refractivity contribution in [1.82, 2.24) is 9.97 Å². The quantitative estimate of drug-likeness (QED) is 0.388. The van der Waals surface area contributed by atoms with E-state index in [1.165, 1.54) is 0 Å². The first-order valence-electron chi connectivity index (χ1n) is 6.64. The molecule has 0 aromatic carbocycles. The predicted octanol–water partition coefficient (Wildman–Crippen LogP) is 1.16. The van der Waals surface area contributed by atoms with Gasteiger partial charge in [-0.15, -0.1) is 6.58 Å². The summed E-state index contributed by atoms with van der Waals surface area (Å²) in [5.41, 5.74) is 5.33. The van der Waals surface area contributed by atoms with Gasteiger partial charge in [-0.25, -0.2) is 0 Å². The standard InChI is InChI=1S/C12H18N6O3/c1-2-5-14-12-16-10(13)9(18(19)20)11(17-12)15-7-8-4-3-6-21-8/h2,8H,1,3-7H2,(H4,13,14,15,16,17)/t8-/m0/s1. The van der Waals surface area contributed by atoms with Gasteiger partial charge in [0, 0.05) is 19.7 Å². The molecule has 1 aromatic rings. The van der Waals surface area contributed by atoms with Crippen molar-refractivity contribution in [2.75, 3.05) is 36.1 Å². The minimum absolute atomic E-state index is 0.0328. The number of anilines is 3. The normalized spacial score (nSPS) is 17.4. The molecule has 0 bridgehead atoms. The Balaban J connectivity index is 2.18. The van der Waals surface area contributed by atoms with Gasteiger partial charge < -0.3 is 21.1 Å². The summed E-state index contributed by atoms with van der Waals surface area (Å²) in [6, 6.07) is 0. The minimum Gasteiger partial charge on any atom is -0.378 e. The van der Waals surface area contributed by atoms with Crippen LogP contribution in [0, 0.1) is 10.1 Å². The number of nitro groups is 1. The van der Waals surface area contributed by atoms with Crippen LogP contribution in [0.3, 0.4) is 0 Å². The zero-order chi connectivity index (χ0) is 15.2. The van der Waals surface area contributed by atoms with Gasteiger partial charge in [0.1, 0.15) is 0 Å². The summed E-state index contributed by atoms with van der Waals surface area (Å²) in [6.45, 7) is 5.16. The van der Waals surface area contributed by atoms with Crippen molar-refractivity contribution < 1.29 is 9.66 Å². The Kier molecular flexibility index (Phi) is 4.88. The van der Waals surface area contributed by atoms with Gasteiger partial charge in [0.15, 0.2) is 0 Å². The van der Waals surface area contributed by atoms with E-state index in [2.05, 4.69) is 27.2 Å². The third kappa shape index (κ3) is 3.78. The molecule has 0 aliphatic carbocycles. The van der Waals surface area contributed by atoms with E-state index in [4.69, 9.17) is 10.5 Å². The number of hydrogen-bond acceptors (Lipinski definition) is 8. The Hall–Kier alpha value is -2.42. The molecule has 1 atom stereocenters. The number of nitrogens with two attached hydrogens (primary N) is 1. The molecule has 1 aliphatic rings. The molecule has 21 heavy (non-hydrogen) atoms. The molecule has 1 saturated heterocycles. The zero-order valence-electron chi connectivity index (χ0n) is 11.5. The van der Waals surface area contributed by atoms with E-state index in [0.29, 0.717) is 19.7 Å². The second kappa shape index (κ2) is 6.84. The van der Waals surface area contributed by atoms with E-state index in [9.17, 15) is 10.1 Å². The molecule has 1 aliphatic heterocycles. The first-order chi connectivity index (χ1) is 10.1. The third-order valence-electron chi connectivity index (χ3n) is 3.02. The lowest BCUT2D eigenvalue weighted by molar-refractivity contribution is -0.383. The lowest BCUT2D eigenvalue weighted by Gasteiger charge is -2.13. The van der Waals surface area contributed by atoms with E-state index in [1.807, 2.05) is 0 Å². The smallest absolute Gasteiger partial charge is 0.353 e. The molecular weight excluding hydrogens is 276 g/mol. The summed E-state index contributed by atoms with van der Waals surface area (Å²) in [4.78, 5) is 18.5. The molecule has 1 fully saturated rings. The van der Waals surface area contributed by atoms with Crippen LogP contribution in [-0.2, 0) is 4.74 Å². The zero-order valence-corrected chi connectivity index (χ0v) is 11.5. The minimum atomic E-state index is -0.593. The molecule has 1 aromatic heterocycles. The second-order valence-electron chi connectivity index (χ2n) is 4.57. The molecular formula is C12H18N6O3. The highest BCUT2D eigenvalue weighted by Gasteiger charge is 2.24. The first kappa shape index (κ1) is 15.0. The van der Waals surface area contributed by atoms with Crippen molar-refractivity contribution >= 4 is 23.3 Å². The Morgan fingerprint density at radius 1 is 1.52 bits per heavy atom. The molecule has 0 amide bonds. The molecule has 2 rings (SSSR count). The van der Waals surface area contributed by atoms with Gasteiger partial charge in [-0.1, -0.05) is 6.08 Å². The van der Waals surface area contributed by atoms with E-state index in [1.54, 1.807) is 6.08 Å². The number of rotatable bonds is 7. The SMILES string of the molecule is C=CCNc1nc(N)c([N+](=O)[O-])c(NC[C@@H]2CCCO2)n1. The molecule has 114 valence electrons. The number of hydrogen-bond donors (Lipinski definition) is 3. The Morgan fingerprint density at radius 2 is 2.33 bits per heavy atom. The molecule has 2 heterocycles. The molecule has 0 radical (unpaired) electrons. The fourth-order valence-electron chi connectivity index (χ4n) is 2.03. The number of nitrogens with zero attached hydrogens (tertiary/aromatic N) is 3. The summed E-state index contributed by atoms with van der Waals surface area (Å²) in [5.74, 6) is 0.124. The highest BCUT2D eigenvalue weighted by atomic mass is 16.6. The van der Waals surface area contributed by atoms with Crippen molar-refractivity contribution in [3.63, 3.8) is 0 Å². The molecule has 4 N–H and O–H groups in total. The largest absolute Gasteiger partial charge is 0.378 e. The monoisotopic (exact) mass is 294 g/mol. The Bertz CT molecular complexity index is 530. The van der Waals surface area contributed by atoms with Crippen LogP contribution in [0.5, 0.6) is 0 Å². The van der Waals surface area contributed by atoms with Crippen LogP contribution in [0.4, 0.5) is 23.3 Å². The van der Waals surface area contributed by atoms with Gasteiger partial charge in [0.05, 0.1) is 11.0 Å². The van der Waals surface area contributed by atoms with Gasteiger partial charge in [-0.05, 0) is 12.8 Å². The summed E-state index contributed by atoms with van der Waals surface area (Å²) in [7, 11) is 0. The molecule has 9 heteroatoms. The van der Waals surface area contributed by atoms with Crippen LogP contribution < -0.4 is 16.4 Å². The van der Waals surface area contributed by atoms with Crippen molar-refractivity contribution in [3.05, 3.63) is 22.8 Å². The van der Waals surface area contributed by atoms with Gasteiger partial charge >= 0.3 is 5.69 Å². The fourth-order valence-corrected chi connectivity index (χ4v) is 2.03. The summed E-state index contributed by atoms with van der Waals surface area (Å²) in [5, 5.41) is 16.9. The highest BCUT2D eigenvalue weighted by Crippen LogP contribution is 2.29. The van der Waals surface area contributed by atoms with Crippen molar-refractivity contribution in [2.45, 2.75) is 18.9 Å². The van der Waals surface area contributed by atoms with Gasteiger partial charge in [-0.3, -0.25) is 10.1 Å². The number of nitrogens with one attached hydrogen (secondary N) is 2.